The fourth-order valence-electron chi connectivity index (χ4n) is 6.43. The lowest BCUT2D eigenvalue weighted by Gasteiger charge is -2.48. The molecule has 2 N–H and O–H groups in total. The van der Waals surface area contributed by atoms with E-state index < -0.39 is 17.7 Å². The maximum absolute atomic E-state index is 13.7. The summed E-state index contributed by atoms with van der Waals surface area (Å²) in [6, 6.07) is 15.7. The lowest BCUT2D eigenvalue weighted by atomic mass is 9.67. The molecule has 6 rings (SSSR count). The number of aromatic nitrogens is 1. The molecule has 2 heterocycles. The first-order chi connectivity index (χ1) is 20.2. The average Bonchev–Trinajstić information content (AvgIpc) is 3.33. The van der Waals surface area contributed by atoms with Gasteiger partial charge in [0.2, 0.25) is 5.60 Å². The minimum absolute atomic E-state index is 0.0714. The number of anilines is 2. The monoisotopic (exact) mass is 602 g/mol. The summed E-state index contributed by atoms with van der Waals surface area (Å²) in [5.74, 6) is -0.523. The molecule has 0 amide bonds. The number of nitrogens with one attached hydrogen (secondary N) is 1. The summed E-state index contributed by atoms with van der Waals surface area (Å²) < 4.78 is 18.6. The second-order valence-electron chi connectivity index (χ2n) is 13.8. The summed E-state index contributed by atoms with van der Waals surface area (Å²) in [6.07, 6.45) is -0.198. The Labute approximate surface area is 257 Å². The number of nitrogens with zero attached hydrogens (tertiary/aromatic N) is 1. The molecule has 0 saturated carbocycles. The molecule has 0 radical (unpaired) electrons. The van der Waals surface area contributed by atoms with Crippen LogP contribution in [0.5, 0.6) is 5.75 Å². The van der Waals surface area contributed by atoms with Gasteiger partial charge in [0, 0.05) is 16.5 Å². The molecule has 0 unspecified atom stereocenters. The van der Waals surface area contributed by atoms with Crippen molar-refractivity contribution in [2.75, 3.05) is 11.9 Å². The van der Waals surface area contributed by atoms with Gasteiger partial charge in [-0.25, -0.2) is 4.79 Å². The number of halogens is 1. The quantitative estimate of drug-likeness (QED) is 0.229. The van der Waals surface area contributed by atoms with Gasteiger partial charge in [-0.2, -0.15) is 4.98 Å². The molecular weight excluding hydrogens is 564 g/mol. The van der Waals surface area contributed by atoms with Gasteiger partial charge in [0.1, 0.15) is 17.4 Å². The molecule has 8 heteroatoms. The number of ether oxygens (including phenoxy) is 2. The van der Waals surface area contributed by atoms with Crippen LogP contribution in [0.3, 0.4) is 0 Å². The zero-order valence-corrected chi connectivity index (χ0v) is 26.6. The maximum atomic E-state index is 13.7. The van der Waals surface area contributed by atoms with Crippen LogP contribution in [0.4, 0.5) is 11.7 Å². The molecule has 1 aliphatic heterocycles. The minimum atomic E-state index is -1.62. The first kappa shape index (κ1) is 29.5. The molecule has 0 spiro atoms. The van der Waals surface area contributed by atoms with Gasteiger partial charge in [-0.1, -0.05) is 83.5 Å². The van der Waals surface area contributed by atoms with Crippen LogP contribution in [0, 0.1) is 5.92 Å². The highest BCUT2D eigenvalue weighted by Gasteiger charge is 2.60. The van der Waals surface area contributed by atoms with Gasteiger partial charge < -0.3 is 24.3 Å². The zero-order chi connectivity index (χ0) is 30.9. The number of aliphatic hydroxyl groups is 1. The van der Waals surface area contributed by atoms with Crippen molar-refractivity contribution in [3.63, 3.8) is 0 Å². The second kappa shape index (κ2) is 10.3. The van der Waals surface area contributed by atoms with Crippen LogP contribution >= 0.6 is 11.6 Å². The van der Waals surface area contributed by atoms with Gasteiger partial charge >= 0.3 is 5.97 Å². The smallest absolute Gasteiger partial charge is 0.353 e. The topological polar surface area (TPSA) is 93.8 Å². The molecule has 3 aromatic carbocycles. The Morgan fingerprint density at radius 1 is 1.07 bits per heavy atom. The second-order valence-corrected chi connectivity index (χ2v) is 14.2. The number of rotatable bonds is 4. The van der Waals surface area contributed by atoms with E-state index in [0.29, 0.717) is 40.4 Å². The summed E-state index contributed by atoms with van der Waals surface area (Å²) in [4.78, 5) is 18.5. The number of oxazole rings is 1. The first-order valence-electron chi connectivity index (χ1n) is 14.9. The van der Waals surface area contributed by atoms with Crippen molar-refractivity contribution >= 4 is 40.4 Å². The van der Waals surface area contributed by atoms with Crippen LogP contribution in [0.1, 0.15) is 82.4 Å². The summed E-state index contributed by atoms with van der Waals surface area (Å²) in [6.45, 7) is 14.9. The number of hydrogen-bond acceptors (Lipinski definition) is 7. The fourth-order valence-corrected chi connectivity index (χ4v) is 6.67. The van der Waals surface area contributed by atoms with E-state index >= 15 is 0 Å². The van der Waals surface area contributed by atoms with Crippen LogP contribution < -0.4 is 10.1 Å². The third kappa shape index (κ3) is 4.96. The van der Waals surface area contributed by atoms with E-state index in [0.717, 1.165) is 22.2 Å². The van der Waals surface area contributed by atoms with Crippen molar-refractivity contribution in [3.8, 4) is 5.75 Å². The SMILES string of the molecule is CCOC(=O)[C@]12Oc3c(cc(Cl)cc3Nc3nc4cc(C(C)(C)C)cc(C(C)(C)C)c4o3)C[C@H]1Cc1ccccc1[C@H]2O. The van der Waals surface area contributed by atoms with Gasteiger partial charge in [0.15, 0.2) is 5.58 Å². The highest BCUT2D eigenvalue weighted by Crippen LogP contribution is 2.53. The van der Waals surface area contributed by atoms with Crippen LogP contribution in [-0.2, 0) is 33.2 Å². The number of aliphatic hydroxyl groups excluding tert-OH is 1. The number of benzene rings is 3. The molecular formula is C35H39ClN2O5. The third-order valence-electron chi connectivity index (χ3n) is 8.70. The van der Waals surface area contributed by atoms with Crippen LogP contribution in [0.25, 0.3) is 11.1 Å². The normalized spacial score (nSPS) is 21.4. The van der Waals surface area contributed by atoms with Crippen molar-refractivity contribution < 1.29 is 23.8 Å². The molecule has 7 nitrogen and oxygen atoms in total. The first-order valence-corrected chi connectivity index (χ1v) is 15.3. The van der Waals surface area contributed by atoms with Crippen molar-refractivity contribution in [1.82, 2.24) is 4.98 Å². The average molecular weight is 603 g/mol. The maximum Gasteiger partial charge on any atom is 0.353 e. The Morgan fingerprint density at radius 3 is 2.49 bits per heavy atom. The zero-order valence-electron chi connectivity index (χ0n) is 25.8. The van der Waals surface area contributed by atoms with Gasteiger partial charge in [-0.05, 0) is 71.0 Å². The van der Waals surface area contributed by atoms with Gasteiger partial charge in [0.05, 0.1) is 12.3 Å². The molecule has 43 heavy (non-hydrogen) atoms. The molecule has 0 bridgehead atoms. The molecule has 226 valence electrons. The van der Waals surface area contributed by atoms with E-state index in [9.17, 15) is 9.90 Å². The number of hydrogen-bond donors (Lipinski definition) is 2. The molecule has 3 atom stereocenters. The number of fused-ring (bicyclic) bond motifs is 4. The van der Waals surface area contributed by atoms with E-state index in [1.54, 1.807) is 13.0 Å². The van der Waals surface area contributed by atoms with Crippen LogP contribution in [-0.4, -0.2) is 28.3 Å². The lowest BCUT2D eigenvalue weighted by Crippen LogP contribution is -2.61. The summed E-state index contributed by atoms with van der Waals surface area (Å²) in [5, 5.41) is 15.6. The third-order valence-corrected chi connectivity index (χ3v) is 8.91. The predicted molar refractivity (Wildman–Crippen MR) is 168 cm³/mol. The van der Waals surface area contributed by atoms with E-state index in [-0.39, 0.29) is 29.4 Å². The number of carbonyl (C=O) groups is 1. The molecule has 0 saturated heterocycles. The van der Waals surface area contributed by atoms with Crippen LogP contribution in [0.15, 0.2) is 52.9 Å². The standard InChI is InChI=1S/C35H39ClN2O5/c1-8-41-31(40)35-22(13-19-11-9-10-12-24(19)30(35)39)14-20-15-23(36)18-27(28(20)43-35)38-32-37-26-17-21(33(2,3)4)16-25(29(26)42-32)34(5,6)7/h9-12,15-18,22,30,39H,8,13-14H2,1-7H3,(H,37,38)/t22-,30-,35+/m1/s1. The van der Waals surface area contributed by atoms with Crippen molar-refractivity contribution in [2.24, 2.45) is 5.92 Å². The summed E-state index contributed by atoms with van der Waals surface area (Å²) in [7, 11) is 0. The summed E-state index contributed by atoms with van der Waals surface area (Å²) in [5.41, 5.74) is 4.80. The van der Waals surface area contributed by atoms with Gasteiger partial charge in [-0.3, -0.25) is 0 Å². The van der Waals surface area contributed by atoms with Crippen molar-refractivity contribution in [1.29, 1.82) is 0 Å². The minimum Gasteiger partial charge on any atom is -0.470 e. The molecule has 0 fully saturated rings. The Hall–Kier alpha value is -3.55. The highest BCUT2D eigenvalue weighted by molar-refractivity contribution is 6.31. The highest BCUT2D eigenvalue weighted by atomic mass is 35.5. The Bertz CT molecular complexity index is 1730. The predicted octanol–water partition coefficient (Wildman–Crippen LogP) is 7.96. The van der Waals surface area contributed by atoms with E-state index in [1.165, 1.54) is 5.56 Å². The van der Waals surface area contributed by atoms with Gasteiger partial charge in [-0.15, -0.1) is 0 Å². The lowest BCUT2D eigenvalue weighted by molar-refractivity contribution is -0.187. The molecule has 1 aliphatic carbocycles. The van der Waals surface area contributed by atoms with E-state index in [2.05, 4.69) is 59.0 Å². The molecule has 1 aromatic heterocycles. The largest absolute Gasteiger partial charge is 0.470 e. The van der Waals surface area contributed by atoms with Gasteiger partial charge in [0.25, 0.3) is 6.01 Å². The van der Waals surface area contributed by atoms with E-state index in [1.807, 2.05) is 30.3 Å². The number of esters is 1. The Kier molecular flexibility index (Phi) is 7.05. The number of carbonyl (C=O) groups excluding carboxylic acids is 1. The molecule has 2 aliphatic rings. The fraction of sp³-hybridized carbons (Fsp3) is 0.429. The van der Waals surface area contributed by atoms with Crippen LogP contribution in [0.2, 0.25) is 5.02 Å². The molecule has 4 aromatic rings. The summed E-state index contributed by atoms with van der Waals surface area (Å²) >= 11 is 6.63. The van der Waals surface area contributed by atoms with E-state index in [4.69, 9.17) is 30.5 Å². The van der Waals surface area contributed by atoms with Crippen molar-refractivity contribution in [3.05, 3.63) is 81.4 Å². The van der Waals surface area contributed by atoms with Crippen molar-refractivity contribution in [2.45, 2.75) is 83.8 Å². The Balaban J connectivity index is 1.46. The Morgan fingerprint density at radius 2 is 1.79 bits per heavy atom.